The number of rotatable bonds is 8. The topological polar surface area (TPSA) is 83.9 Å². The largest absolute Gasteiger partial charge is 0.492 e. The van der Waals surface area contributed by atoms with E-state index in [0.29, 0.717) is 19.1 Å². The summed E-state index contributed by atoms with van der Waals surface area (Å²) >= 11 is 0. The zero-order valence-corrected chi connectivity index (χ0v) is 21.9. The lowest BCUT2D eigenvalue weighted by Gasteiger charge is -2.39. The smallest absolute Gasteiger partial charge is 0.420 e. The average molecular weight is 596 g/mol. The predicted octanol–water partition coefficient (Wildman–Crippen LogP) is 6.32. The van der Waals surface area contributed by atoms with Gasteiger partial charge in [-0.3, -0.25) is 4.79 Å². The monoisotopic (exact) mass is 595 g/mol. The van der Waals surface area contributed by atoms with E-state index in [0.717, 1.165) is 11.8 Å². The van der Waals surface area contributed by atoms with Gasteiger partial charge in [0.15, 0.2) is 0 Å². The number of hydrogen-bond acceptors (Lipinski definition) is 5. The molecule has 1 aromatic carbocycles. The van der Waals surface area contributed by atoms with E-state index < -0.39 is 118 Å². The highest BCUT2D eigenvalue weighted by Crippen LogP contribution is 2.48. The van der Waals surface area contributed by atoms with Crippen LogP contribution in [0.3, 0.4) is 0 Å². The maximum atomic E-state index is 15.6. The van der Waals surface area contributed by atoms with Gasteiger partial charge in [-0.2, -0.15) is 13.2 Å². The molecule has 3 rings (SSSR count). The van der Waals surface area contributed by atoms with Crippen molar-refractivity contribution in [1.82, 2.24) is 0 Å². The molecule has 1 fully saturated rings. The number of halogens is 8. The SMILES string of the molecule is C[C@H](COc1cc2c(cc1C(F)(F)F)N(C1CCC(F)(F)CC1)C[C@@H](CCC(C)(F)F)[C@@H](F)S2(=O)=O)C(=O)O. The van der Waals surface area contributed by atoms with E-state index in [4.69, 9.17) is 9.84 Å². The summed E-state index contributed by atoms with van der Waals surface area (Å²) in [6, 6.07) is -0.0341. The molecule has 1 saturated carbocycles. The van der Waals surface area contributed by atoms with Crippen LogP contribution in [-0.4, -0.2) is 56.0 Å². The summed E-state index contributed by atoms with van der Waals surface area (Å²) in [5.41, 5.74) is -4.85. The second kappa shape index (κ2) is 10.9. The van der Waals surface area contributed by atoms with Gasteiger partial charge in [0.1, 0.15) is 12.4 Å². The summed E-state index contributed by atoms with van der Waals surface area (Å²) in [6.07, 6.45) is -8.47. The van der Waals surface area contributed by atoms with Crippen molar-refractivity contribution in [2.75, 3.05) is 18.1 Å². The van der Waals surface area contributed by atoms with Gasteiger partial charge in [0.25, 0.3) is 0 Å². The van der Waals surface area contributed by atoms with Gasteiger partial charge >= 0.3 is 12.1 Å². The number of anilines is 1. The van der Waals surface area contributed by atoms with Gasteiger partial charge in [-0.15, -0.1) is 0 Å². The third kappa shape index (κ3) is 7.26. The highest BCUT2D eigenvalue weighted by Gasteiger charge is 2.47. The number of carboxylic acids is 1. The summed E-state index contributed by atoms with van der Waals surface area (Å²) in [6.45, 7) is 0.333. The van der Waals surface area contributed by atoms with Crippen molar-refractivity contribution < 1.29 is 58.2 Å². The number of alkyl halides is 8. The van der Waals surface area contributed by atoms with Gasteiger partial charge in [-0.25, -0.2) is 30.4 Å². The Labute approximate surface area is 220 Å². The lowest BCUT2D eigenvalue weighted by atomic mass is 9.89. The molecule has 0 spiro atoms. The lowest BCUT2D eigenvalue weighted by molar-refractivity contribution is -0.142. The minimum Gasteiger partial charge on any atom is -0.492 e. The van der Waals surface area contributed by atoms with Gasteiger partial charge in [-0.05, 0) is 39.2 Å². The summed E-state index contributed by atoms with van der Waals surface area (Å²) in [4.78, 5) is 11.3. The van der Waals surface area contributed by atoms with Gasteiger partial charge in [0, 0.05) is 43.8 Å². The molecule has 39 heavy (non-hydrogen) atoms. The van der Waals surface area contributed by atoms with Crippen molar-refractivity contribution in [1.29, 1.82) is 0 Å². The molecule has 222 valence electrons. The third-order valence-electron chi connectivity index (χ3n) is 7.07. The second-order valence-corrected chi connectivity index (χ2v) is 12.3. The molecule has 0 bridgehead atoms. The Balaban J connectivity index is 2.18. The molecule has 1 aromatic rings. The highest BCUT2D eigenvalue weighted by molar-refractivity contribution is 7.92. The number of aliphatic carboxylic acids is 1. The zero-order valence-electron chi connectivity index (χ0n) is 21.1. The van der Waals surface area contributed by atoms with Crippen LogP contribution in [0.2, 0.25) is 0 Å². The fourth-order valence-electron chi connectivity index (χ4n) is 4.78. The Morgan fingerprint density at radius 3 is 2.28 bits per heavy atom. The van der Waals surface area contributed by atoms with E-state index >= 15 is 4.39 Å². The van der Waals surface area contributed by atoms with Crippen molar-refractivity contribution in [2.24, 2.45) is 11.8 Å². The van der Waals surface area contributed by atoms with Crippen LogP contribution in [0.4, 0.5) is 40.8 Å². The van der Waals surface area contributed by atoms with Crippen LogP contribution in [0, 0.1) is 11.8 Å². The Kier molecular flexibility index (Phi) is 8.74. The van der Waals surface area contributed by atoms with Crippen molar-refractivity contribution in [3.05, 3.63) is 17.7 Å². The molecule has 0 aromatic heterocycles. The maximum Gasteiger partial charge on any atom is 0.420 e. The number of fused-ring (bicyclic) bond motifs is 1. The summed E-state index contributed by atoms with van der Waals surface area (Å²) in [7, 11) is -5.07. The van der Waals surface area contributed by atoms with Crippen molar-refractivity contribution in [2.45, 2.75) is 86.8 Å². The Bertz CT molecular complexity index is 1160. The average Bonchev–Trinajstić information content (AvgIpc) is 2.88. The molecule has 0 saturated heterocycles. The number of carboxylic acid groups (broad SMARTS) is 1. The number of sulfone groups is 1. The van der Waals surface area contributed by atoms with E-state index in [1.807, 2.05) is 0 Å². The van der Waals surface area contributed by atoms with E-state index in [1.165, 1.54) is 0 Å². The predicted molar refractivity (Wildman–Crippen MR) is 124 cm³/mol. The lowest BCUT2D eigenvalue weighted by Crippen LogP contribution is -2.44. The number of nitrogens with zero attached hydrogens (tertiary/aromatic N) is 1. The molecule has 3 atom stereocenters. The summed E-state index contributed by atoms with van der Waals surface area (Å²) in [5.74, 6) is -11.7. The van der Waals surface area contributed by atoms with Crippen LogP contribution < -0.4 is 9.64 Å². The van der Waals surface area contributed by atoms with E-state index in [1.54, 1.807) is 0 Å². The minimum atomic E-state index is -5.13. The molecule has 0 amide bonds. The van der Waals surface area contributed by atoms with Gasteiger partial charge in [0.05, 0.1) is 22.1 Å². The first-order valence-electron chi connectivity index (χ1n) is 12.2. The number of benzene rings is 1. The van der Waals surface area contributed by atoms with Gasteiger partial charge in [0.2, 0.25) is 27.2 Å². The Hall–Kier alpha value is -2.32. The first-order chi connectivity index (χ1) is 17.7. The van der Waals surface area contributed by atoms with Crippen LogP contribution in [0.15, 0.2) is 17.0 Å². The Morgan fingerprint density at radius 1 is 1.18 bits per heavy atom. The normalized spacial score (nSPS) is 24.5. The zero-order chi connectivity index (χ0) is 29.6. The van der Waals surface area contributed by atoms with Crippen molar-refractivity contribution >= 4 is 21.5 Å². The molecule has 1 heterocycles. The van der Waals surface area contributed by atoms with Gasteiger partial charge < -0.3 is 14.7 Å². The minimum absolute atomic E-state index is 0.254. The molecule has 1 aliphatic carbocycles. The molecular formula is C24H29F8NO5S. The maximum absolute atomic E-state index is 15.6. The molecule has 1 aliphatic heterocycles. The fraction of sp³-hybridized carbons (Fsp3) is 0.708. The van der Waals surface area contributed by atoms with Crippen LogP contribution in [0.1, 0.15) is 57.9 Å². The molecule has 0 radical (unpaired) electrons. The molecule has 0 unspecified atom stereocenters. The first kappa shape index (κ1) is 31.2. The van der Waals surface area contributed by atoms with Crippen LogP contribution >= 0.6 is 0 Å². The molecule has 2 aliphatic rings. The molecule has 1 N–H and O–H groups in total. The van der Waals surface area contributed by atoms with Crippen molar-refractivity contribution in [3.63, 3.8) is 0 Å². The Morgan fingerprint density at radius 2 is 1.77 bits per heavy atom. The number of ether oxygens (including phenoxy) is 1. The standard InChI is InChI=1S/C24H29F8NO5S/c1-13(21(34)35)12-38-18-10-19-17(9-16(18)24(30,31)32)33(15-4-7-23(28,29)8-5-15)11-14(3-6-22(2,26)27)20(25)39(19,36)37/h9-10,13-15,20H,3-8,11-12H2,1-2H3,(H,34,35)/t13-,14-,20+/m1/s1. The second-order valence-electron chi connectivity index (χ2n) is 10.4. The van der Waals surface area contributed by atoms with Crippen LogP contribution in [0.25, 0.3) is 0 Å². The molecule has 6 nitrogen and oxygen atoms in total. The van der Waals surface area contributed by atoms with Crippen LogP contribution in [-0.2, 0) is 20.8 Å². The number of hydrogen-bond donors (Lipinski definition) is 1. The van der Waals surface area contributed by atoms with E-state index in [2.05, 4.69) is 0 Å². The summed E-state index contributed by atoms with van der Waals surface area (Å²) < 4.78 is 144. The summed E-state index contributed by atoms with van der Waals surface area (Å²) in [5, 5.41) is 9.03. The highest BCUT2D eigenvalue weighted by atomic mass is 32.2. The molecule has 15 heteroatoms. The quantitative estimate of drug-likeness (QED) is 0.354. The molecular weight excluding hydrogens is 566 g/mol. The number of carbonyl (C=O) groups is 1. The van der Waals surface area contributed by atoms with E-state index in [-0.39, 0.29) is 12.8 Å². The third-order valence-corrected chi connectivity index (χ3v) is 8.99. The van der Waals surface area contributed by atoms with Crippen LogP contribution in [0.5, 0.6) is 5.75 Å². The fourth-order valence-corrected chi connectivity index (χ4v) is 6.49. The van der Waals surface area contributed by atoms with Crippen molar-refractivity contribution in [3.8, 4) is 5.75 Å². The van der Waals surface area contributed by atoms with E-state index in [9.17, 15) is 43.9 Å². The first-order valence-corrected chi connectivity index (χ1v) is 13.8. The van der Waals surface area contributed by atoms with Gasteiger partial charge in [-0.1, -0.05) is 0 Å².